The van der Waals surface area contributed by atoms with Gasteiger partial charge in [0, 0.05) is 12.1 Å². The number of amides is 1. The van der Waals surface area contributed by atoms with Crippen LogP contribution in [0.15, 0.2) is 24.3 Å². The molecule has 0 radical (unpaired) electrons. The first-order chi connectivity index (χ1) is 10.3. The Labute approximate surface area is 132 Å². The second kappa shape index (κ2) is 6.90. The molecule has 0 spiro atoms. The lowest BCUT2D eigenvalue weighted by Gasteiger charge is -2.32. The zero-order valence-electron chi connectivity index (χ0n) is 13.7. The predicted octanol–water partition coefficient (Wildman–Crippen LogP) is 3.52. The second-order valence-electron chi connectivity index (χ2n) is 6.94. The highest BCUT2D eigenvalue weighted by molar-refractivity contribution is 5.68. The van der Waals surface area contributed by atoms with Gasteiger partial charge >= 0.3 is 6.09 Å². The summed E-state index contributed by atoms with van der Waals surface area (Å²) in [6.45, 7) is 5.61. The van der Waals surface area contributed by atoms with Crippen LogP contribution >= 0.6 is 0 Å². The third-order valence-corrected chi connectivity index (χ3v) is 3.72. The lowest BCUT2D eigenvalue weighted by atomic mass is 9.91. The van der Waals surface area contributed by atoms with E-state index in [-0.39, 0.29) is 12.1 Å². The number of nitrogens with two attached hydrogens (primary N) is 1. The minimum atomic E-state index is -0.463. The van der Waals surface area contributed by atoms with Crippen LogP contribution in [0.1, 0.15) is 46.5 Å². The zero-order valence-corrected chi connectivity index (χ0v) is 13.7. The van der Waals surface area contributed by atoms with Gasteiger partial charge in [-0.3, -0.25) is 0 Å². The van der Waals surface area contributed by atoms with Crippen molar-refractivity contribution in [3.05, 3.63) is 24.3 Å². The maximum atomic E-state index is 11.9. The smallest absolute Gasteiger partial charge is 0.407 e. The molecule has 0 bridgehead atoms. The van der Waals surface area contributed by atoms with Crippen LogP contribution in [0.4, 0.5) is 16.2 Å². The molecule has 1 aromatic rings. The van der Waals surface area contributed by atoms with Crippen LogP contribution in [-0.4, -0.2) is 23.8 Å². The van der Waals surface area contributed by atoms with Crippen molar-refractivity contribution in [3.8, 4) is 0 Å². The molecule has 5 heteroatoms. The molecule has 0 aromatic heterocycles. The summed E-state index contributed by atoms with van der Waals surface area (Å²) in [5.41, 5.74) is 7.22. The highest BCUT2D eigenvalue weighted by Gasteiger charge is 2.25. The van der Waals surface area contributed by atoms with Gasteiger partial charge in [-0.2, -0.15) is 0 Å². The van der Waals surface area contributed by atoms with Gasteiger partial charge in [-0.15, -0.1) is 0 Å². The van der Waals surface area contributed by atoms with Crippen molar-refractivity contribution >= 4 is 17.5 Å². The van der Waals surface area contributed by atoms with E-state index in [1.807, 2.05) is 45.0 Å². The summed E-state index contributed by atoms with van der Waals surface area (Å²) in [6, 6.07) is 8.23. The van der Waals surface area contributed by atoms with Crippen LogP contribution in [-0.2, 0) is 4.74 Å². The topological polar surface area (TPSA) is 76.4 Å². The number of alkyl carbamates (subject to hydrolysis) is 1. The van der Waals surface area contributed by atoms with Gasteiger partial charge in [-0.25, -0.2) is 4.79 Å². The van der Waals surface area contributed by atoms with E-state index in [4.69, 9.17) is 10.5 Å². The molecule has 0 unspecified atom stereocenters. The predicted molar refractivity (Wildman–Crippen MR) is 89.9 cm³/mol. The first-order valence-corrected chi connectivity index (χ1v) is 7.94. The number of anilines is 2. The number of rotatable bonds is 3. The molecular formula is C17H27N3O2. The Morgan fingerprint density at radius 1 is 1.23 bits per heavy atom. The first kappa shape index (κ1) is 16.5. The third-order valence-electron chi connectivity index (χ3n) is 3.72. The fraction of sp³-hybridized carbons (Fsp3) is 0.588. The van der Waals surface area contributed by atoms with E-state index in [0.29, 0.717) is 6.04 Å². The van der Waals surface area contributed by atoms with E-state index in [2.05, 4.69) is 10.6 Å². The second-order valence-corrected chi connectivity index (χ2v) is 6.94. The summed E-state index contributed by atoms with van der Waals surface area (Å²) in [5.74, 6) is 0. The molecule has 1 aliphatic carbocycles. The number of carbonyl (C=O) groups is 1. The molecule has 1 saturated carbocycles. The van der Waals surface area contributed by atoms with Crippen LogP contribution in [0.25, 0.3) is 0 Å². The van der Waals surface area contributed by atoms with Crippen molar-refractivity contribution in [1.29, 1.82) is 0 Å². The molecule has 0 aliphatic heterocycles. The zero-order chi connectivity index (χ0) is 16.2. The van der Waals surface area contributed by atoms with Gasteiger partial charge in [-0.05, 0) is 58.6 Å². The lowest BCUT2D eigenvalue weighted by Crippen LogP contribution is -2.43. The van der Waals surface area contributed by atoms with E-state index >= 15 is 0 Å². The minimum Gasteiger partial charge on any atom is -0.444 e. The Balaban J connectivity index is 1.87. The van der Waals surface area contributed by atoms with Crippen molar-refractivity contribution in [2.45, 2.75) is 64.1 Å². The highest BCUT2D eigenvalue weighted by atomic mass is 16.6. The van der Waals surface area contributed by atoms with E-state index in [1.165, 1.54) is 0 Å². The van der Waals surface area contributed by atoms with Crippen molar-refractivity contribution in [2.75, 3.05) is 11.1 Å². The number of hydrogen-bond donors (Lipinski definition) is 3. The molecule has 4 N–H and O–H groups in total. The summed E-state index contributed by atoms with van der Waals surface area (Å²) in [5, 5.41) is 6.46. The molecule has 2 rings (SSSR count). The molecule has 0 heterocycles. The lowest BCUT2D eigenvalue weighted by molar-refractivity contribution is 0.0492. The molecule has 1 aromatic carbocycles. The van der Waals surface area contributed by atoms with Crippen molar-refractivity contribution in [3.63, 3.8) is 0 Å². The number of benzene rings is 1. The Morgan fingerprint density at radius 3 is 2.59 bits per heavy atom. The standard InChI is InChI=1S/C17H27N3O2/c1-17(2,3)22-16(21)20-13-8-6-7-12(11-13)19-15-10-5-4-9-14(15)18/h4-5,9-10,12-13,19H,6-8,11,18H2,1-3H3,(H,20,21)/t12-,13-/m0/s1. The van der Waals surface area contributed by atoms with E-state index in [1.54, 1.807) is 0 Å². The average Bonchev–Trinajstić information content (AvgIpc) is 2.39. The normalized spacial score (nSPS) is 22.0. The van der Waals surface area contributed by atoms with Crippen LogP contribution in [0.5, 0.6) is 0 Å². The van der Waals surface area contributed by atoms with Gasteiger partial charge in [0.25, 0.3) is 0 Å². The van der Waals surface area contributed by atoms with Crippen LogP contribution < -0.4 is 16.4 Å². The fourth-order valence-electron chi connectivity index (χ4n) is 2.77. The summed E-state index contributed by atoms with van der Waals surface area (Å²) in [4.78, 5) is 11.9. The van der Waals surface area contributed by atoms with Crippen LogP contribution in [0.2, 0.25) is 0 Å². The Bertz CT molecular complexity index is 511. The number of carbonyl (C=O) groups excluding carboxylic acids is 1. The number of ether oxygens (including phenoxy) is 1. The third kappa shape index (κ3) is 5.13. The fourth-order valence-corrected chi connectivity index (χ4v) is 2.77. The number of nitrogen functional groups attached to an aromatic ring is 1. The molecule has 22 heavy (non-hydrogen) atoms. The summed E-state index contributed by atoms with van der Waals surface area (Å²) in [6.07, 6.45) is 3.69. The van der Waals surface area contributed by atoms with Gasteiger partial charge in [0.1, 0.15) is 5.60 Å². The Morgan fingerprint density at radius 2 is 1.91 bits per heavy atom. The van der Waals surface area contributed by atoms with Gasteiger partial charge in [0.15, 0.2) is 0 Å². The minimum absolute atomic E-state index is 0.144. The number of hydrogen-bond acceptors (Lipinski definition) is 4. The molecule has 1 aliphatic rings. The molecule has 5 nitrogen and oxygen atoms in total. The Hall–Kier alpha value is -1.91. The van der Waals surface area contributed by atoms with Crippen molar-refractivity contribution in [1.82, 2.24) is 5.32 Å². The molecule has 122 valence electrons. The van der Waals surface area contributed by atoms with Crippen LogP contribution in [0, 0.1) is 0 Å². The van der Waals surface area contributed by atoms with Crippen molar-refractivity contribution < 1.29 is 9.53 Å². The number of para-hydroxylation sites is 2. The van der Waals surface area contributed by atoms with Gasteiger partial charge in [0.2, 0.25) is 0 Å². The van der Waals surface area contributed by atoms with E-state index in [0.717, 1.165) is 37.1 Å². The quantitative estimate of drug-likeness (QED) is 0.747. The molecular weight excluding hydrogens is 278 g/mol. The van der Waals surface area contributed by atoms with Crippen molar-refractivity contribution in [2.24, 2.45) is 0 Å². The molecule has 2 atom stereocenters. The first-order valence-electron chi connectivity index (χ1n) is 7.94. The molecule has 0 saturated heterocycles. The number of nitrogens with one attached hydrogen (secondary N) is 2. The van der Waals surface area contributed by atoms with E-state index < -0.39 is 5.60 Å². The molecule has 1 fully saturated rings. The maximum absolute atomic E-state index is 11.9. The SMILES string of the molecule is CC(C)(C)OC(=O)N[C@H]1CCC[C@H](Nc2ccccc2N)C1. The van der Waals surface area contributed by atoms with E-state index in [9.17, 15) is 4.79 Å². The van der Waals surface area contributed by atoms with Gasteiger partial charge in [-0.1, -0.05) is 12.1 Å². The van der Waals surface area contributed by atoms with Gasteiger partial charge in [0.05, 0.1) is 11.4 Å². The largest absolute Gasteiger partial charge is 0.444 e. The summed E-state index contributed by atoms with van der Waals surface area (Å²) < 4.78 is 5.32. The van der Waals surface area contributed by atoms with Crippen LogP contribution in [0.3, 0.4) is 0 Å². The Kier molecular flexibility index (Phi) is 5.16. The summed E-state index contributed by atoms with van der Waals surface area (Å²) in [7, 11) is 0. The van der Waals surface area contributed by atoms with Gasteiger partial charge < -0.3 is 21.1 Å². The summed E-state index contributed by atoms with van der Waals surface area (Å²) >= 11 is 0. The monoisotopic (exact) mass is 305 g/mol. The average molecular weight is 305 g/mol. The maximum Gasteiger partial charge on any atom is 0.407 e. The molecule has 1 amide bonds. The highest BCUT2D eigenvalue weighted by Crippen LogP contribution is 2.25.